The highest BCUT2D eigenvalue weighted by Gasteiger charge is 2.33. The van der Waals surface area contributed by atoms with Gasteiger partial charge in [-0.1, -0.05) is 18.2 Å². The zero-order valence-electron chi connectivity index (χ0n) is 11.7. The first-order valence-electron chi connectivity index (χ1n) is 6.72. The van der Waals surface area contributed by atoms with Gasteiger partial charge in [-0.25, -0.2) is 0 Å². The molecule has 0 aliphatic heterocycles. The van der Waals surface area contributed by atoms with E-state index in [0.29, 0.717) is 6.54 Å². The Morgan fingerprint density at radius 2 is 2.05 bits per heavy atom. The Labute approximate surface area is 118 Å². The predicted octanol–water partition coefficient (Wildman–Crippen LogP) is 1.65. The number of amides is 1. The summed E-state index contributed by atoms with van der Waals surface area (Å²) in [7, 11) is 1.58. The van der Waals surface area contributed by atoms with E-state index >= 15 is 0 Å². The molecular formula is C15H19NO4. The molecule has 0 spiro atoms. The van der Waals surface area contributed by atoms with Gasteiger partial charge >= 0.3 is 5.97 Å². The van der Waals surface area contributed by atoms with Gasteiger partial charge in [0, 0.05) is 12.1 Å². The number of hydrogen-bond acceptors (Lipinski definition) is 4. The van der Waals surface area contributed by atoms with E-state index in [1.54, 1.807) is 14.0 Å². The number of benzene rings is 1. The number of carbonyl (C=O) groups is 2. The van der Waals surface area contributed by atoms with Crippen LogP contribution < -0.4 is 10.1 Å². The maximum Gasteiger partial charge on any atom is 0.309 e. The first-order chi connectivity index (χ1) is 9.61. The third kappa shape index (κ3) is 3.73. The normalized spacial score (nSPS) is 15.3. The standard InChI is InChI=1S/C15H19NO4/c1-10(20-15(18)11-7-8-11)14(17)16-9-12-5-3-4-6-13(12)19-2/h3-6,10-11H,7-9H2,1-2H3,(H,16,17)/t10-/m1/s1. The monoisotopic (exact) mass is 277 g/mol. The summed E-state index contributed by atoms with van der Waals surface area (Å²) in [6.07, 6.45) is 0.973. The highest BCUT2D eigenvalue weighted by Crippen LogP contribution is 2.30. The first kappa shape index (κ1) is 14.4. The zero-order valence-corrected chi connectivity index (χ0v) is 11.7. The molecule has 1 aromatic rings. The molecule has 0 heterocycles. The third-order valence-corrected chi connectivity index (χ3v) is 3.22. The summed E-state index contributed by atoms with van der Waals surface area (Å²) >= 11 is 0. The molecule has 108 valence electrons. The van der Waals surface area contributed by atoms with Crippen LogP contribution in [0.15, 0.2) is 24.3 Å². The maximum absolute atomic E-state index is 11.9. The van der Waals surface area contributed by atoms with Crippen LogP contribution in [-0.2, 0) is 20.9 Å². The van der Waals surface area contributed by atoms with Gasteiger partial charge in [0.15, 0.2) is 6.10 Å². The summed E-state index contributed by atoms with van der Waals surface area (Å²) in [6, 6.07) is 7.45. The van der Waals surface area contributed by atoms with Crippen LogP contribution in [-0.4, -0.2) is 25.1 Å². The Kier molecular flexibility index (Phi) is 4.61. The number of esters is 1. The number of hydrogen-bond donors (Lipinski definition) is 1. The van der Waals surface area contributed by atoms with Crippen molar-refractivity contribution in [3.8, 4) is 5.75 Å². The second-order valence-corrected chi connectivity index (χ2v) is 4.88. The molecule has 2 rings (SSSR count). The second-order valence-electron chi connectivity index (χ2n) is 4.88. The largest absolute Gasteiger partial charge is 0.496 e. The summed E-state index contributed by atoms with van der Waals surface area (Å²) in [4.78, 5) is 23.3. The number of ether oxygens (including phenoxy) is 2. The fourth-order valence-corrected chi connectivity index (χ4v) is 1.82. The lowest BCUT2D eigenvalue weighted by Gasteiger charge is -2.14. The van der Waals surface area contributed by atoms with Crippen molar-refractivity contribution in [3.05, 3.63) is 29.8 Å². The Morgan fingerprint density at radius 1 is 1.35 bits per heavy atom. The van der Waals surface area contributed by atoms with Gasteiger partial charge in [0.25, 0.3) is 5.91 Å². The first-order valence-corrected chi connectivity index (χ1v) is 6.72. The summed E-state index contributed by atoms with van der Waals surface area (Å²) in [5.41, 5.74) is 0.879. The van der Waals surface area contributed by atoms with Crippen LogP contribution in [0.2, 0.25) is 0 Å². The van der Waals surface area contributed by atoms with Crippen molar-refractivity contribution in [1.82, 2.24) is 5.32 Å². The Balaban J connectivity index is 1.83. The van der Waals surface area contributed by atoms with Crippen molar-refractivity contribution >= 4 is 11.9 Å². The minimum Gasteiger partial charge on any atom is -0.496 e. The highest BCUT2D eigenvalue weighted by atomic mass is 16.5. The molecule has 1 N–H and O–H groups in total. The summed E-state index contributed by atoms with van der Waals surface area (Å²) < 4.78 is 10.3. The van der Waals surface area contributed by atoms with E-state index in [0.717, 1.165) is 24.2 Å². The maximum atomic E-state index is 11.9. The molecule has 0 unspecified atom stereocenters. The van der Waals surface area contributed by atoms with Gasteiger partial charge in [-0.3, -0.25) is 9.59 Å². The van der Waals surface area contributed by atoms with Crippen LogP contribution in [0.4, 0.5) is 0 Å². The van der Waals surface area contributed by atoms with Gasteiger partial charge in [-0.15, -0.1) is 0 Å². The number of rotatable bonds is 6. The van der Waals surface area contributed by atoms with Crippen LogP contribution in [0.5, 0.6) is 5.75 Å². The summed E-state index contributed by atoms with van der Waals surface area (Å²) in [6.45, 7) is 1.92. The fourth-order valence-electron chi connectivity index (χ4n) is 1.82. The molecule has 1 fully saturated rings. The minimum absolute atomic E-state index is 0.000493. The number of carbonyl (C=O) groups excluding carboxylic acids is 2. The van der Waals surface area contributed by atoms with Gasteiger partial charge in [0.05, 0.1) is 13.0 Å². The van der Waals surface area contributed by atoms with Crippen LogP contribution >= 0.6 is 0 Å². The van der Waals surface area contributed by atoms with E-state index in [2.05, 4.69) is 5.32 Å². The molecule has 1 aromatic carbocycles. The second kappa shape index (κ2) is 6.41. The van der Waals surface area contributed by atoms with Crippen molar-refractivity contribution in [1.29, 1.82) is 0 Å². The molecule has 1 saturated carbocycles. The number of methoxy groups -OCH3 is 1. The lowest BCUT2D eigenvalue weighted by atomic mass is 10.2. The average Bonchev–Trinajstić information content (AvgIpc) is 3.29. The molecule has 5 nitrogen and oxygen atoms in total. The molecule has 0 aromatic heterocycles. The van der Waals surface area contributed by atoms with Crippen LogP contribution in [0, 0.1) is 5.92 Å². The smallest absolute Gasteiger partial charge is 0.309 e. The molecule has 0 radical (unpaired) electrons. The van der Waals surface area contributed by atoms with E-state index < -0.39 is 6.10 Å². The number of para-hydroxylation sites is 1. The van der Waals surface area contributed by atoms with E-state index in [-0.39, 0.29) is 17.8 Å². The Bertz CT molecular complexity index is 496. The lowest BCUT2D eigenvalue weighted by Crippen LogP contribution is -2.35. The Morgan fingerprint density at radius 3 is 2.70 bits per heavy atom. The van der Waals surface area contributed by atoms with E-state index in [4.69, 9.17) is 9.47 Å². The van der Waals surface area contributed by atoms with Gasteiger partial charge in [-0.05, 0) is 25.8 Å². The van der Waals surface area contributed by atoms with Gasteiger partial charge in [-0.2, -0.15) is 0 Å². The van der Waals surface area contributed by atoms with Gasteiger partial charge in [0.2, 0.25) is 0 Å². The van der Waals surface area contributed by atoms with Crippen LogP contribution in [0.25, 0.3) is 0 Å². The summed E-state index contributed by atoms with van der Waals surface area (Å²) in [5, 5.41) is 2.74. The molecule has 0 bridgehead atoms. The van der Waals surface area contributed by atoms with Crippen molar-refractivity contribution in [3.63, 3.8) is 0 Å². The molecule has 5 heteroatoms. The van der Waals surface area contributed by atoms with Gasteiger partial charge < -0.3 is 14.8 Å². The quantitative estimate of drug-likeness (QED) is 0.803. The fraction of sp³-hybridized carbons (Fsp3) is 0.467. The van der Waals surface area contributed by atoms with Crippen molar-refractivity contribution in [2.75, 3.05) is 7.11 Å². The van der Waals surface area contributed by atoms with Crippen molar-refractivity contribution < 1.29 is 19.1 Å². The third-order valence-electron chi connectivity index (χ3n) is 3.22. The van der Waals surface area contributed by atoms with E-state index in [9.17, 15) is 9.59 Å². The van der Waals surface area contributed by atoms with Crippen molar-refractivity contribution in [2.24, 2.45) is 5.92 Å². The molecular weight excluding hydrogens is 258 g/mol. The molecule has 1 atom stereocenters. The van der Waals surface area contributed by atoms with Crippen molar-refractivity contribution in [2.45, 2.75) is 32.4 Å². The molecule has 0 saturated heterocycles. The topological polar surface area (TPSA) is 64.6 Å². The highest BCUT2D eigenvalue weighted by molar-refractivity contribution is 5.84. The SMILES string of the molecule is COc1ccccc1CNC(=O)[C@@H](C)OC(=O)C1CC1. The molecule has 20 heavy (non-hydrogen) atoms. The average molecular weight is 277 g/mol. The molecule has 1 aliphatic carbocycles. The van der Waals surface area contributed by atoms with Crippen LogP contribution in [0.3, 0.4) is 0 Å². The Hall–Kier alpha value is -2.04. The lowest BCUT2D eigenvalue weighted by molar-refractivity contribution is -0.156. The predicted molar refractivity (Wildman–Crippen MR) is 73.1 cm³/mol. The number of nitrogens with one attached hydrogen (secondary N) is 1. The van der Waals surface area contributed by atoms with E-state index in [1.165, 1.54) is 0 Å². The minimum atomic E-state index is -0.766. The van der Waals surface area contributed by atoms with Crippen LogP contribution in [0.1, 0.15) is 25.3 Å². The molecule has 1 amide bonds. The summed E-state index contributed by atoms with van der Waals surface area (Å²) in [5.74, 6) is 0.143. The zero-order chi connectivity index (χ0) is 14.5. The molecule has 1 aliphatic rings. The van der Waals surface area contributed by atoms with E-state index in [1.807, 2.05) is 24.3 Å². The van der Waals surface area contributed by atoms with Gasteiger partial charge in [0.1, 0.15) is 5.75 Å².